The summed E-state index contributed by atoms with van der Waals surface area (Å²) in [5.74, 6) is 1.50. The van der Waals surface area contributed by atoms with Gasteiger partial charge in [0.25, 0.3) is 0 Å². The molecule has 122 valence electrons. The molecule has 1 atom stereocenters. The molecule has 3 rings (SSSR count). The van der Waals surface area contributed by atoms with Crippen molar-refractivity contribution in [2.45, 2.75) is 18.8 Å². The van der Waals surface area contributed by atoms with Crippen molar-refractivity contribution < 1.29 is 0 Å². The number of hydrogen-bond donors (Lipinski definition) is 2. The molecule has 0 aliphatic heterocycles. The Hall–Kier alpha value is -1.56. The summed E-state index contributed by atoms with van der Waals surface area (Å²) in [6.07, 6.45) is 2.18. The zero-order valence-electron chi connectivity index (χ0n) is 13.5. The molecule has 0 heterocycles. The predicted molar refractivity (Wildman–Crippen MR) is 108 cm³/mol. The van der Waals surface area contributed by atoms with E-state index in [9.17, 15) is 0 Å². The number of nitrogens with one attached hydrogen (secondary N) is 2. The van der Waals surface area contributed by atoms with E-state index < -0.39 is 0 Å². The predicted octanol–water partition coefficient (Wildman–Crippen LogP) is 3.35. The molecule has 0 bridgehead atoms. The summed E-state index contributed by atoms with van der Waals surface area (Å²) in [4.78, 5) is 4.30. The Labute approximate surface area is 155 Å². The number of nitrogens with zero attached hydrogens (tertiary/aromatic N) is 1. The van der Waals surface area contributed by atoms with Crippen molar-refractivity contribution in [3.05, 3.63) is 71.3 Å². The number of benzene rings is 2. The fourth-order valence-electron chi connectivity index (χ4n) is 2.96. The van der Waals surface area contributed by atoms with Crippen LogP contribution in [0.25, 0.3) is 0 Å². The number of aliphatic imine (C=N–C) groups is 1. The standard InChI is InChI=1S/C19H23N3.HI/c1-20-19(21-12-11-15-7-3-2-4-8-15)22-14-17-13-16-9-5-6-10-18(16)17;/h2-10,17H,11-14H2,1H3,(H2,20,21,22);1H. The van der Waals surface area contributed by atoms with Crippen LogP contribution >= 0.6 is 24.0 Å². The van der Waals surface area contributed by atoms with E-state index in [1.54, 1.807) is 0 Å². The summed E-state index contributed by atoms with van der Waals surface area (Å²) < 4.78 is 0. The monoisotopic (exact) mass is 421 g/mol. The molecule has 0 radical (unpaired) electrons. The quantitative estimate of drug-likeness (QED) is 0.442. The van der Waals surface area contributed by atoms with Crippen molar-refractivity contribution in [1.29, 1.82) is 0 Å². The van der Waals surface area contributed by atoms with Gasteiger partial charge < -0.3 is 10.6 Å². The lowest BCUT2D eigenvalue weighted by molar-refractivity contribution is 0.584. The highest BCUT2D eigenvalue weighted by Gasteiger charge is 2.25. The van der Waals surface area contributed by atoms with Crippen molar-refractivity contribution >= 4 is 29.9 Å². The number of fused-ring (bicyclic) bond motifs is 1. The molecular formula is C19H24IN3. The van der Waals surface area contributed by atoms with Crippen LogP contribution in [0, 0.1) is 0 Å². The van der Waals surface area contributed by atoms with Crippen LogP contribution < -0.4 is 10.6 Å². The number of rotatable bonds is 5. The highest BCUT2D eigenvalue weighted by Crippen LogP contribution is 2.33. The molecule has 1 aliphatic rings. The molecule has 0 spiro atoms. The normalized spacial score (nSPS) is 15.9. The first-order valence-corrected chi connectivity index (χ1v) is 7.93. The van der Waals surface area contributed by atoms with Gasteiger partial charge in [0.15, 0.2) is 5.96 Å². The first-order chi connectivity index (χ1) is 10.9. The third kappa shape index (κ3) is 4.70. The minimum atomic E-state index is 0. The van der Waals surface area contributed by atoms with Crippen LogP contribution in [0.2, 0.25) is 0 Å². The van der Waals surface area contributed by atoms with Crippen LogP contribution in [0.15, 0.2) is 59.6 Å². The highest BCUT2D eigenvalue weighted by atomic mass is 127. The second-order valence-electron chi connectivity index (χ2n) is 5.72. The fourth-order valence-corrected chi connectivity index (χ4v) is 2.96. The van der Waals surface area contributed by atoms with E-state index in [0.29, 0.717) is 5.92 Å². The molecule has 0 fully saturated rings. The molecule has 2 aromatic rings. The largest absolute Gasteiger partial charge is 0.356 e. The highest BCUT2D eigenvalue weighted by molar-refractivity contribution is 14.0. The molecule has 0 saturated heterocycles. The van der Waals surface area contributed by atoms with Gasteiger partial charge in [0.2, 0.25) is 0 Å². The second-order valence-corrected chi connectivity index (χ2v) is 5.72. The summed E-state index contributed by atoms with van der Waals surface area (Å²) in [7, 11) is 1.83. The Bertz CT molecular complexity index is 640. The SMILES string of the molecule is CN=C(NCCc1ccccc1)NCC1Cc2ccccc21.I. The zero-order chi connectivity index (χ0) is 15.2. The summed E-state index contributed by atoms with van der Waals surface area (Å²) >= 11 is 0. The molecular weight excluding hydrogens is 397 g/mol. The van der Waals surface area contributed by atoms with Crippen molar-refractivity contribution in [2.24, 2.45) is 4.99 Å². The van der Waals surface area contributed by atoms with E-state index in [-0.39, 0.29) is 24.0 Å². The van der Waals surface area contributed by atoms with E-state index in [1.165, 1.54) is 23.1 Å². The van der Waals surface area contributed by atoms with Crippen molar-refractivity contribution in [3.8, 4) is 0 Å². The molecule has 0 aromatic heterocycles. The van der Waals surface area contributed by atoms with E-state index >= 15 is 0 Å². The molecule has 0 saturated carbocycles. The first-order valence-electron chi connectivity index (χ1n) is 7.93. The first kappa shape index (κ1) is 17.8. The van der Waals surface area contributed by atoms with E-state index in [1.807, 2.05) is 13.1 Å². The Morgan fingerprint density at radius 2 is 1.78 bits per heavy atom. The lowest BCUT2D eigenvalue weighted by atomic mass is 9.78. The van der Waals surface area contributed by atoms with Crippen LogP contribution in [-0.4, -0.2) is 26.1 Å². The minimum Gasteiger partial charge on any atom is -0.356 e. The molecule has 23 heavy (non-hydrogen) atoms. The van der Waals surface area contributed by atoms with Crippen LogP contribution in [0.4, 0.5) is 0 Å². The fraction of sp³-hybridized carbons (Fsp3) is 0.316. The van der Waals surface area contributed by atoms with Crippen LogP contribution in [0.5, 0.6) is 0 Å². The van der Waals surface area contributed by atoms with Gasteiger partial charge in [0, 0.05) is 26.1 Å². The van der Waals surface area contributed by atoms with Gasteiger partial charge in [-0.3, -0.25) is 4.99 Å². The van der Waals surface area contributed by atoms with Gasteiger partial charge in [-0.15, -0.1) is 24.0 Å². The Morgan fingerprint density at radius 1 is 1.04 bits per heavy atom. The lowest BCUT2D eigenvalue weighted by Crippen LogP contribution is -2.41. The smallest absolute Gasteiger partial charge is 0.191 e. The summed E-state index contributed by atoms with van der Waals surface area (Å²) in [6, 6.07) is 19.2. The summed E-state index contributed by atoms with van der Waals surface area (Å²) in [5.41, 5.74) is 4.31. The van der Waals surface area contributed by atoms with Crippen LogP contribution in [0.1, 0.15) is 22.6 Å². The van der Waals surface area contributed by atoms with E-state index in [0.717, 1.165) is 25.5 Å². The third-order valence-electron chi connectivity index (χ3n) is 4.25. The van der Waals surface area contributed by atoms with Gasteiger partial charge in [0.05, 0.1) is 0 Å². The van der Waals surface area contributed by atoms with Gasteiger partial charge in [-0.05, 0) is 29.5 Å². The molecule has 2 aromatic carbocycles. The topological polar surface area (TPSA) is 36.4 Å². The van der Waals surface area contributed by atoms with Gasteiger partial charge >= 0.3 is 0 Å². The van der Waals surface area contributed by atoms with E-state index in [2.05, 4.69) is 64.2 Å². The van der Waals surface area contributed by atoms with Crippen LogP contribution in [0.3, 0.4) is 0 Å². The summed E-state index contributed by atoms with van der Waals surface area (Å²) in [6.45, 7) is 1.84. The van der Waals surface area contributed by atoms with Crippen molar-refractivity contribution in [3.63, 3.8) is 0 Å². The average molecular weight is 421 g/mol. The lowest BCUT2D eigenvalue weighted by Gasteiger charge is -2.30. The number of guanidine groups is 1. The average Bonchev–Trinajstić information content (AvgIpc) is 2.55. The van der Waals surface area contributed by atoms with Crippen molar-refractivity contribution in [2.75, 3.05) is 20.1 Å². The van der Waals surface area contributed by atoms with Crippen molar-refractivity contribution in [1.82, 2.24) is 10.6 Å². The number of halogens is 1. The Morgan fingerprint density at radius 3 is 2.52 bits per heavy atom. The van der Waals surface area contributed by atoms with Gasteiger partial charge in [0.1, 0.15) is 0 Å². The Balaban J connectivity index is 0.00000192. The molecule has 0 amide bonds. The molecule has 1 unspecified atom stereocenters. The molecule has 3 nitrogen and oxygen atoms in total. The minimum absolute atomic E-state index is 0. The van der Waals surface area contributed by atoms with Gasteiger partial charge in [-0.2, -0.15) is 0 Å². The van der Waals surface area contributed by atoms with Crippen LogP contribution in [-0.2, 0) is 12.8 Å². The maximum absolute atomic E-state index is 4.30. The molecule has 2 N–H and O–H groups in total. The third-order valence-corrected chi connectivity index (χ3v) is 4.25. The van der Waals surface area contributed by atoms with E-state index in [4.69, 9.17) is 0 Å². The Kier molecular flexibility index (Phi) is 6.89. The number of hydrogen-bond acceptors (Lipinski definition) is 1. The zero-order valence-corrected chi connectivity index (χ0v) is 15.8. The van der Waals surface area contributed by atoms with Gasteiger partial charge in [-0.1, -0.05) is 54.6 Å². The maximum atomic E-state index is 4.30. The summed E-state index contributed by atoms with van der Waals surface area (Å²) in [5, 5.41) is 6.82. The van der Waals surface area contributed by atoms with Gasteiger partial charge in [-0.25, -0.2) is 0 Å². The second kappa shape index (κ2) is 8.91. The molecule has 4 heteroatoms. The molecule has 1 aliphatic carbocycles. The maximum Gasteiger partial charge on any atom is 0.191 e.